The Morgan fingerprint density at radius 2 is 1.89 bits per heavy atom. The third-order valence-corrected chi connectivity index (χ3v) is 2.63. The fourth-order valence-corrected chi connectivity index (χ4v) is 1.64. The van der Waals surface area contributed by atoms with Gasteiger partial charge in [-0.1, -0.05) is 24.3 Å². The van der Waals surface area contributed by atoms with Gasteiger partial charge in [-0.05, 0) is 29.8 Å². The van der Waals surface area contributed by atoms with Gasteiger partial charge >= 0.3 is 0 Å². The van der Waals surface area contributed by atoms with E-state index in [9.17, 15) is 4.79 Å². The molecule has 0 aliphatic heterocycles. The first-order valence-corrected chi connectivity index (χ1v) is 5.65. The molecular weight excluding hydrogens is 226 g/mol. The third kappa shape index (κ3) is 2.67. The Bertz CT molecular complexity index is 566. The average Bonchev–Trinajstić information content (AvgIpc) is 2.41. The molecule has 0 heterocycles. The Kier molecular flexibility index (Phi) is 3.60. The van der Waals surface area contributed by atoms with Crippen molar-refractivity contribution in [2.75, 3.05) is 11.1 Å². The van der Waals surface area contributed by atoms with Gasteiger partial charge in [-0.15, -0.1) is 0 Å². The van der Waals surface area contributed by atoms with Crippen molar-refractivity contribution in [3.63, 3.8) is 0 Å². The molecule has 4 nitrogen and oxygen atoms in total. The SMILES string of the molecule is NCc1cccc(C(=O)Nc2ccccc2N)c1. The summed E-state index contributed by atoms with van der Waals surface area (Å²) in [7, 11) is 0. The van der Waals surface area contributed by atoms with Crippen LogP contribution in [0.3, 0.4) is 0 Å². The van der Waals surface area contributed by atoms with Crippen LogP contribution in [0.25, 0.3) is 0 Å². The molecule has 0 saturated carbocycles. The largest absolute Gasteiger partial charge is 0.397 e. The first kappa shape index (κ1) is 12.1. The lowest BCUT2D eigenvalue weighted by atomic mass is 10.1. The molecule has 0 bridgehead atoms. The number of rotatable bonds is 3. The number of carbonyl (C=O) groups is 1. The van der Waals surface area contributed by atoms with E-state index in [-0.39, 0.29) is 5.91 Å². The molecule has 1 amide bonds. The van der Waals surface area contributed by atoms with Gasteiger partial charge in [0.2, 0.25) is 0 Å². The summed E-state index contributed by atoms with van der Waals surface area (Å²) >= 11 is 0. The maximum Gasteiger partial charge on any atom is 0.255 e. The van der Waals surface area contributed by atoms with Crippen LogP contribution < -0.4 is 16.8 Å². The number of hydrogen-bond acceptors (Lipinski definition) is 3. The highest BCUT2D eigenvalue weighted by molar-refractivity contribution is 6.05. The van der Waals surface area contributed by atoms with Crippen LogP contribution >= 0.6 is 0 Å². The number of hydrogen-bond donors (Lipinski definition) is 3. The lowest BCUT2D eigenvalue weighted by Gasteiger charge is -2.08. The van der Waals surface area contributed by atoms with Crippen molar-refractivity contribution in [3.8, 4) is 0 Å². The number of amides is 1. The quantitative estimate of drug-likeness (QED) is 0.719. The minimum Gasteiger partial charge on any atom is -0.397 e. The van der Waals surface area contributed by atoms with Crippen LogP contribution in [0.4, 0.5) is 11.4 Å². The summed E-state index contributed by atoms with van der Waals surface area (Å²) in [6, 6.07) is 14.4. The van der Waals surface area contributed by atoms with Crippen molar-refractivity contribution in [1.29, 1.82) is 0 Å². The molecule has 2 aromatic rings. The molecule has 5 N–H and O–H groups in total. The third-order valence-electron chi connectivity index (χ3n) is 2.63. The van der Waals surface area contributed by atoms with Crippen LogP contribution in [0.5, 0.6) is 0 Å². The maximum atomic E-state index is 12.0. The summed E-state index contributed by atoms with van der Waals surface area (Å²) in [5.74, 6) is -0.191. The second-order valence-electron chi connectivity index (χ2n) is 3.95. The zero-order valence-corrected chi connectivity index (χ0v) is 9.89. The van der Waals surface area contributed by atoms with E-state index >= 15 is 0 Å². The van der Waals surface area contributed by atoms with Crippen molar-refractivity contribution < 1.29 is 4.79 Å². The summed E-state index contributed by atoms with van der Waals surface area (Å²) in [6.45, 7) is 0.411. The van der Waals surface area contributed by atoms with E-state index in [0.717, 1.165) is 5.56 Å². The average molecular weight is 241 g/mol. The molecule has 92 valence electrons. The first-order valence-electron chi connectivity index (χ1n) is 5.65. The molecule has 0 radical (unpaired) electrons. The number of anilines is 2. The second-order valence-corrected chi connectivity index (χ2v) is 3.95. The fourth-order valence-electron chi connectivity index (χ4n) is 1.64. The first-order chi connectivity index (χ1) is 8.70. The molecule has 0 aliphatic rings. The van der Waals surface area contributed by atoms with Crippen LogP contribution in [0.2, 0.25) is 0 Å². The number of nitrogens with two attached hydrogens (primary N) is 2. The molecule has 18 heavy (non-hydrogen) atoms. The van der Waals surface area contributed by atoms with Gasteiger partial charge in [0.25, 0.3) is 5.91 Å². The molecule has 0 fully saturated rings. The molecular formula is C14H15N3O. The maximum absolute atomic E-state index is 12.0. The monoisotopic (exact) mass is 241 g/mol. The molecule has 4 heteroatoms. The van der Waals surface area contributed by atoms with Crippen molar-refractivity contribution in [1.82, 2.24) is 0 Å². The van der Waals surface area contributed by atoms with Gasteiger partial charge in [-0.2, -0.15) is 0 Å². The van der Waals surface area contributed by atoms with Crippen LogP contribution in [-0.2, 0) is 6.54 Å². The molecule has 0 atom stereocenters. The Hall–Kier alpha value is -2.33. The standard InChI is InChI=1S/C14H15N3O/c15-9-10-4-3-5-11(8-10)14(18)17-13-7-2-1-6-12(13)16/h1-8H,9,15-16H2,(H,17,18). The molecule has 0 saturated heterocycles. The van der Waals surface area contributed by atoms with Crippen LogP contribution in [0.1, 0.15) is 15.9 Å². The highest BCUT2D eigenvalue weighted by atomic mass is 16.1. The highest BCUT2D eigenvalue weighted by Gasteiger charge is 2.07. The van der Waals surface area contributed by atoms with E-state index < -0.39 is 0 Å². The minimum absolute atomic E-state index is 0.191. The molecule has 2 aromatic carbocycles. The number of carbonyl (C=O) groups excluding carboxylic acids is 1. The highest BCUT2D eigenvalue weighted by Crippen LogP contribution is 2.18. The van der Waals surface area contributed by atoms with E-state index in [2.05, 4.69) is 5.32 Å². The van der Waals surface area contributed by atoms with E-state index in [1.54, 1.807) is 24.3 Å². The molecule has 0 unspecified atom stereocenters. The molecule has 2 rings (SSSR count). The van der Waals surface area contributed by atoms with E-state index in [0.29, 0.717) is 23.5 Å². The smallest absolute Gasteiger partial charge is 0.255 e. The number of benzene rings is 2. The summed E-state index contributed by atoms with van der Waals surface area (Å²) < 4.78 is 0. The second kappa shape index (κ2) is 5.33. The van der Waals surface area contributed by atoms with Crippen molar-refractivity contribution in [2.45, 2.75) is 6.54 Å². The number of para-hydroxylation sites is 2. The normalized spacial score (nSPS) is 10.1. The van der Waals surface area contributed by atoms with Gasteiger partial charge in [0.15, 0.2) is 0 Å². The topological polar surface area (TPSA) is 81.1 Å². The predicted molar refractivity (Wildman–Crippen MR) is 73.1 cm³/mol. The summed E-state index contributed by atoms with van der Waals surface area (Å²) in [6.07, 6.45) is 0. The number of nitrogens with one attached hydrogen (secondary N) is 1. The predicted octanol–water partition coefficient (Wildman–Crippen LogP) is 1.98. The summed E-state index contributed by atoms with van der Waals surface area (Å²) in [5, 5.41) is 2.77. The summed E-state index contributed by atoms with van der Waals surface area (Å²) in [4.78, 5) is 12.0. The van der Waals surface area contributed by atoms with Crippen molar-refractivity contribution >= 4 is 17.3 Å². The lowest BCUT2D eigenvalue weighted by Crippen LogP contribution is -2.13. The molecule has 0 spiro atoms. The molecule has 0 aromatic heterocycles. The van der Waals surface area contributed by atoms with Crippen LogP contribution in [-0.4, -0.2) is 5.91 Å². The van der Waals surface area contributed by atoms with E-state index in [1.807, 2.05) is 24.3 Å². The Morgan fingerprint density at radius 3 is 2.61 bits per heavy atom. The van der Waals surface area contributed by atoms with E-state index in [1.165, 1.54) is 0 Å². The summed E-state index contributed by atoms with van der Waals surface area (Å²) in [5.41, 5.74) is 14.0. The fraction of sp³-hybridized carbons (Fsp3) is 0.0714. The Morgan fingerprint density at radius 1 is 1.11 bits per heavy atom. The Labute approximate surface area is 106 Å². The molecule has 0 aliphatic carbocycles. The zero-order valence-electron chi connectivity index (χ0n) is 9.89. The van der Waals surface area contributed by atoms with Gasteiger partial charge in [0.05, 0.1) is 11.4 Å². The van der Waals surface area contributed by atoms with Crippen molar-refractivity contribution in [2.24, 2.45) is 5.73 Å². The van der Waals surface area contributed by atoms with Crippen LogP contribution in [0, 0.1) is 0 Å². The zero-order chi connectivity index (χ0) is 13.0. The van der Waals surface area contributed by atoms with E-state index in [4.69, 9.17) is 11.5 Å². The van der Waals surface area contributed by atoms with Gasteiger partial charge < -0.3 is 16.8 Å². The van der Waals surface area contributed by atoms with Gasteiger partial charge in [0.1, 0.15) is 0 Å². The van der Waals surface area contributed by atoms with Gasteiger partial charge in [-0.25, -0.2) is 0 Å². The number of nitrogen functional groups attached to an aromatic ring is 1. The van der Waals surface area contributed by atoms with Gasteiger partial charge in [-0.3, -0.25) is 4.79 Å². The minimum atomic E-state index is -0.191. The Balaban J connectivity index is 2.19. The van der Waals surface area contributed by atoms with Crippen LogP contribution in [0.15, 0.2) is 48.5 Å². The van der Waals surface area contributed by atoms with Crippen molar-refractivity contribution in [3.05, 3.63) is 59.7 Å². The lowest BCUT2D eigenvalue weighted by molar-refractivity contribution is 0.102. The van der Waals surface area contributed by atoms with Gasteiger partial charge in [0, 0.05) is 12.1 Å².